The van der Waals surface area contributed by atoms with Crippen molar-refractivity contribution >= 4 is 0 Å². The van der Waals surface area contributed by atoms with Crippen LogP contribution in [0.1, 0.15) is 33.0 Å². The maximum absolute atomic E-state index is 5.53. The van der Waals surface area contributed by atoms with Gasteiger partial charge in [-0.15, -0.1) is 0 Å². The fraction of sp³-hybridized carbons (Fsp3) is 0.833. The van der Waals surface area contributed by atoms with Crippen molar-refractivity contribution in [2.75, 3.05) is 19.8 Å². The molecule has 0 aromatic carbocycles. The summed E-state index contributed by atoms with van der Waals surface area (Å²) >= 11 is 0. The number of rotatable bonds is 9. The van der Waals surface area contributed by atoms with Gasteiger partial charge < -0.3 is 10.1 Å². The van der Waals surface area contributed by atoms with E-state index in [2.05, 4.69) is 36.2 Å². The van der Waals surface area contributed by atoms with Crippen molar-refractivity contribution in [3.05, 3.63) is 12.2 Å². The van der Waals surface area contributed by atoms with E-state index in [-0.39, 0.29) is 0 Å². The second kappa shape index (κ2) is 8.20. The predicted molar refractivity (Wildman–Crippen MR) is 67.7 cm³/mol. The van der Waals surface area contributed by atoms with Gasteiger partial charge in [0.05, 0.1) is 19.7 Å². The van der Waals surface area contributed by atoms with Crippen LogP contribution in [0, 0.1) is 5.92 Å². The van der Waals surface area contributed by atoms with Gasteiger partial charge in [-0.3, -0.25) is 4.68 Å². The van der Waals surface area contributed by atoms with Crippen molar-refractivity contribution in [3.63, 3.8) is 0 Å². The van der Waals surface area contributed by atoms with E-state index in [1.165, 1.54) is 0 Å². The van der Waals surface area contributed by atoms with Gasteiger partial charge in [-0.2, -0.15) is 5.10 Å². The lowest BCUT2D eigenvalue weighted by molar-refractivity contribution is 0.114. The molecule has 0 aliphatic heterocycles. The molecule has 1 aromatic rings. The quantitative estimate of drug-likeness (QED) is 0.664. The summed E-state index contributed by atoms with van der Waals surface area (Å²) in [5.41, 5.74) is 0. The lowest BCUT2D eigenvalue weighted by Gasteiger charge is -2.06. The lowest BCUT2D eigenvalue weighted by Crippen LogP contribution is -2.14. The van der Waals surface area contributed by atoms with E-state index in [9.17, 15) is 0 Å². The normalized spacial score (nSPS) is 11.3. The van der Waals surface area contributed by atoms with Gasteiger partial charge in [0.15, 0.2) is 5.82 Å². The van der Waals surface area contributed by atoms with Crippen LogP contribution < -0.4 is 5.32 Å². The molecule has 0 unspecified atom stereocenters. The molecule has 98 valence electrons. The zero-order valence-electron chi connectivity index (χ0n) is 11.1. The molecule has 0 saturated carbocycles. The first-order valence-corrected chi connectivity index (χ1v) is 6.39. The Hall–Kier alpha value is -0.940. The molecular weight excluding hydrogens is 216 g/mol. The number of hydrogen-bond acceptors (Lipinski definition) is 4. The van der Waals surface area contributed by atoms with Gasteiger partial charge in [-0.25, -0.2) is 4.98 Å². The van der Waals surface area contributed by atoms with Crippen molar-refractivity contribution in [1.82, 2.24) is 20.1 Å². The van der Waals surface area contributed by atoms with Crippen LogP contribution in [-0.4, -0.2) is 34.5 Å². The summed E-state index contributed by atoms with van der Waals surface area (Å²) < 4.78 is 7.37. The molecule has 0 bridgehead atoms. The van der Waals surface area contributed by atoms with Crippen molar-refractivity contribution < 1.29 is 4.74 Å². The van der Waals surface area contributed by atoms with Crippen LogP contribution in [0.3, 0.4) is 0 Å². The minimum atomic E-state index is 0.702. The molecule has 5 heteroatoms. The summed E-state index contributed by atoms with van der Waals surface area (Å²) in [6.45, 7) is 10.5. The summed E-state index contributed by atoms with van der Waals surface area (Å²) in [6, 6.07) is 0. The first-order chi connectivity index (χ1) is 8.22. The monoisotopic (exact) mass is 240 g/mol. The van der Waals surface area contributed by atoms with Crippen LogP contribution in [0.25, 0.3) is 0 Å². The largest absolute Gasteiger partial charge is 0.380 e. The SMILES string of the molecule is CCNCc1ncn(CCOCCC(C)C)n1. The van der Waals surface area contributed by atoms with Crippen molar-refractivity contribution in [1.29, 1.82) is 0 Å². The summed E-state index contributed by atoms with van der Waals surface area (Å²) in [5.74, 6) is 1.54. The molecule has 1 N–H and O–H groups in total. The summed E-state index contributed by atoms with van der Waals surface area (Å²) in [5, 5.41) is 7.54. The molecule has 0 aliphatic carbocycles. The Kier molecular flexibility index (Phi) is 6.81. The van der Waals surface area contributed by atoms with Gasteiger partial charge in [0.1, 0.15) is 6.33 Å². The van der Waals surface area contributed by atoms with Crippen LogP contribution in [0.5, 0.6) is 0 Å². The number of ether oxygens (including phenoxy) is 1. The van der Waals surface area contributed by atoms with Crippen LogP contribution >= 0.6 is 0 Å². The Morgan fingerprint density at radius 1 is 1.41 bits per heavy atom. The molecule has 0 fully saturated rings. The minimum absolute atomic E-state index is 0.702. The van der Waals surface area contributed by atoms with Crippen LogP contribution in [0.15, 0.2) is 6.33 Å². The molecule has 17 heavy (non-hydrogen) atoms. The second-order valence-corrected chi connectivity index (χ2v) is 4.50. The molecule has 0 atom stereocenters. The van der Waals surface area contributed by atoms with Crippen LogP contribution in [0.4, 0.5) is 0 Å². The Morgan fingerprint density at radius 2 is 2.24 bits per heavy atom. The maximum Gasteiger partial charge on any atom is 0.164 e. The molecule has 0 saturated heterocycles. The summed E-state index contributed by atoms with van der Waals surface area (Å²) in [6.07, 6.45) is 2.88. The fourth-order valence-electron chi connectivity index (χ4n) is 1.34. The standard InChI is InChI=1S/C12H24N4O/c1-4-13-9-12-14-10-16(15-12)6-8-17-7-5-11(2)3/h10-11,13H,4-9H2,1-3H3. The number of nitrogens with zero attached hydrogens (tertiary/aromatic N) is 3. The molecule has 1 rings (SSSR count). The first kappa shape index (κ1) is 14.1. The molecule has 1 aromatic heterocycles. The number of aromatic nitrogens is 3. The third-order valence-corrected chi connectivity index (χ3v) is 2.42. The molecule has 0 aliphatic rings. The molecule has 0 radical (unpaired) electrons. The average Bonchev–Trinajstić information content (AvgIpc) is 2.73. The lowest BCUT2D eigenvalue weighted by atomic mass is 10.1. The van der Waals surface area contributed by atoms with Gasteiger partial charge in [0.2, 0.25) is 0 Å². The summed E-state index contributed by atoms with van der Waals surface area (Å²) in [7, 11) is 0. The van der Waals surface area contributed by atoms with E-state index < -0.39 is 0 Å². The topological polar surface area (TPSA) is 52.0 Å². The Morgan fingerprint density at radius 3 is 2.94 bits per heavy atom. The molecule has 1 heterocycles. The molecular formula is C12H24N4O. The van der Waals surface area contributed by atoms with Crippen molar-refractivity contribution in [2.45, 2.75) is 40.3 Å². The molecule has 0 amide bonds. The zero-order chi connectivity index (χ0) is 12.5. The van der Waals surface area contributed by atoms with Crippen molar-refractivity contribution in [3.8, 4) is 0 Å². The maximum atomic E-state index is 5.53. The van der Waals surface area contributed by atoms with E-state index in [0.717, 1.165) is 38.5 Å². The Labute approximate surface area is 104 Å². The highest BCUT2D eigenvalue weighted by atomic mass is 16.5. The minimum Gasteiger partial charge on any atom is -0.380 e. The van der Waals surface area contributed by atoms with Crippen LogP contribution in [0.2, 0.25) is 0 Å². The van der Waals surface area contributed by atoms with E-state index in [4.69, 9.17) is 4.74 Å². The number of hydrogen-bond donors (Lipinski definition) is 1. The highest BCUT2D eigenvalue weighted by Crippen LogP contribution is 1.99. The Bertz CT molecular complexity index is 298. The van der Waals surface area contributed by atoms with E-state index >= 15 is 0 Å². The van der Waals surface area contributed by atoms with Gasteiger partial charge >= 0.3 is 0 Å². The highest BCUT2D eigenvalue weighted by Gasteiger charge is 2.00. The van der Waals surface area contributed by atoms with Gasteiger partial charge in [-0.1, -0.05) is 20.8 Å². The third kappa shape index (κ3) is 6.38. The van der Waals surface area contributed by atoms with Crippen LogP contribution in [-0.2, 0) is 17.8 Å². The smallest absolute Gasteiger partial charge is 0.164 e. The van der Waals surface area contributed by atoms with E-state index in [0.29, 0.717) is 12.5 Å². The summed E-state index contributed by atoms with van der Waals surface area (Å²) in [4.78, 5) is 4.21. The van der Waals surface area contributed by atoms with Crippen molar-refractivity contribution in [2.24, 2.45) is 5.92 Å². The zero-order valence-corrected chi connectivity index (χ0v) is 11.1. The predicted octanol–water partition coefficient (Wildman–Crippen LogP) is 1.45. The Balaban J connectivity index is 2.12. The van der Waals surface area contributed by atoms with Gasteiger partial charge in [0.25, 0.3) is 0 Å². The van der Waals surface area contributed by atoms with Gasteiger partial charge in [-0.05, 0) is 18.9 Å². The second-order valence-electron chi connectivity index (χ2n) is 4.50. The molecule has 5 nitrogen and oxygen atoms in total. The highest BCUT2D eigenvalue weighted by molar-refractivity contribution is 4.80. The average molecular weight is 240 g/mol. The first-order valence-electron chi connectivity index (χ1n) is 6.39. The van der Waals surface area contributed by atoms with Gasteiger partial charge in [0, 0.05) is 6.61 Å². The third-order valence-electron chi connectivity index (χ3n) is 2.42. The van der Waals surface area contributed by atoms with E-state index in [1.807, 2.05) is 4.68 Å². The molecule has 0 spiro atoms. The van der Waals surface area contributed by atoms with E-state index in [1.54, 1.807) is 6.33 Å². The fourth-order valence-corrected chi connectivity index (χ4v) is 1.34. The number of nitrogens with one attached hydrogen (secondary N) is 1.